The van der Waals surface area contributed by atoms with E-state index in [1.165, 1.54) is 12.1 Å². The summed E-state index contributed by atoms with van der Waals surface area (Å²) in [5, 5.41) is 9.00. The van der Waals surface area contributed by atoms with Crippen molar-refractivity contribution in [2.24, 2.45) is 0 Å². The van der Waals surface area contributed by atoms with Gasteiger partial charge >= 0.3 is 5.97 Å². The topological polar surface area (TPSA) is 83.5 Å². The lowest BCUT2D eigenvalue weighted by molar-refractivity contribution is 0.0697. The van der Waals surface area contributed by atoms with Crippen LogP contribution in [0.5, 0.6) is 0 Å². The highest BCUT2D eigenvalue weighted by molar-refractivity contribution is 7.89. The Labute approximate surface area is 142 Å². The summed E-state index contributed by atoms with van der Waals surface area (Å²) in [6, 6.07) is 11.3. The molecule has 24 heavy (non-hydrogen) atoms. The fourth-order valence-corrected chi connectivity index (χ4v) is 3.98. The molecule has 0 spiro atoms. The number of rotatable bonds is 4. The first kappa shape index (κ1) is 18.2. The second-order valence-electron chi connectivity index (χ2n) is 6.74. The molecule has 128 valence electrons. The average Bonchev–Trinajstić information content (AvgIpc) is 2.44. The summed E-state index contributed by atoms with van der Waals surface area (Å²) in [6.45, 7) is 7.21. The van der Waals surface area contributed by atoms with Gasteiger partial charge in [0.1, 0.15) is 0 Å². The van der Waals surface area contributed by atoms with Gasteiger partial charge in [0.2, 0.25) is 10.0 Å². The van der Waals surface area contributed by atoms with Gasteiger partial charge in [0.25, 0.3) is 0 Å². The first-order chi connectivity index (χ1) is 11.0. The van der Waals surface area contributed by atoms with Crippen molar-refractivity contribution in [2.75, 3.05) is 0 Å². The van der Waals surface area contributed by atoms with Gasteiger partial charge in [-0.05, 0) is 51.5 Å². The second-order valence-corrected chi connectivity index (χ2v) is 8.39. The number of aromatic carboxylic acids is 1. The van der Waals surface area contributed by atoms with Crippen LogP contribution in [0.15, 0.2) is 47.4 Å². The molecule has 0 aliphatic rings. The van der Waals surface area contributed by atoms with Crippen LogP contribution in [0.1, 0.15) is 36.7 Å². The van der Waals surface area contributed by atoms with Gasteiger partial charge in [-0.1, -0.05) is 29.8 Å². The molecule has 5 nitrogen and oxygen atoms in total. The summed E-state index contributed by atoms with van der Waals surface area (Å²) >= 11 is 0. The molecule has 2 rings (SSSR count). The van der Waals surface area contributed by atoms with Crippen molar-refractivity contribution >= 4 is 16.0 Å². The summed E-state index contributed by atoms with van der Waals surface area (Å²) in [7, 11) is -3.71. The maximum atomic E-state index is 12.7. The van der Waals surface area contributed by atoms with Crippen LogP contribution in [0.4, 0.5) is 0 Å². The number of nitrogens with one attached hydrogen (secondary N) is 1. The Kier molecular flexibility index (Phi) is 4.82. The maximum absolute atomic E-state index is 12.7. The lowest BCUT2D eigenvalue weighted by atomic mass is 10.0. The number of aryl methyl sites for hydroxylation is 1. The number of sulfonamides is 1. The van der Waals surface area contributed by atoms with E-state index in [4.69, 9.17) is 5.11 Å². The largest absolute Gasteiger partial charge is 0.478 e. The van der Waals surface area contributed by atoms with Crippen LogP contribution in [0.25, 0.3) is 11.1 Å². The van der Waals surface area contributed by atoms with Crippen LogP contribution in [0.3, 0.4) is 0 Å². The van der Waals surface area contributed by atoms with E-state index < -0.39 is 21.5 Å². The van der Waals surface area contributed by atoms with Crippen molar-refractivity contribution in [1.29, 1.82) is 0 Å². The normalized spacial score (nSPS) is 12.2. The van der Waals surface area contributed by atoms with Gasteiger partial charge in [0.15, 0.2) is 0 Å². The molecule has 6 heteroatoms. The molecular weight excluding hydrogens is 326 g/mol. The second kappa shape index (κ2) is 6.37. The third kappa shape index (κ3) is 4.21. The maximum Gasteiger partial charge on any atom is 0.335 e. The van der Waals surface area contributed by atoms with Crippen LogP contribution in [-0.2, 0) is 10.0 Å². The fourth-order valence-electron chi connectivity index (χ4n) is 2.35. The van der Waals surface area contributed by atoms with Crippen molar-refractivity contribution in [3.05, 3.63) is 53.6 Å². The van der Waals surface area contributed by atoms with E-state index in [1.807, 2.05) is 6.92 Å². The van der Waals surface area contributed by atoms with E-state index in [0.29, 0.717) is 11.1 Å². The van der Waals surface area contributed by atoms with E-state index in [0.717, 1.165) is 5.56 Å². The zero-order valence-corrected chi connectivity index (χ0v) is 14.9. The minimum Gasteiger partial charge on any atom is -0.478 e. The minimum absolute atomic E-state index is 0.156. The number of carboxylic acids is 1. The van der Waals surface area contributed by atoms with Crippen LogP contribution in [-0.4, -0.2) is 25.0 Å². The van der Waals surface area contributed by atoms with Gasteiger partial charge in [-0.2, -0.15) is 0 Å². The highest BCUT2D eigenvalue weighted by atomic mass is 32.2. The SMILES string of the molecule is Cc1ccc(S(=O)(=O)NC(C)(C)C)c(-c2ccc(C(=O)O)cc2)c1. The van der Waals surface area contributed by atoms with E-state index in [-0.39, 0.29) is 10.5 Å². The van der Waals surface area contributed by atoms with Crippen molar-refractivity contribution in [3.8, 4) is 11.1 Å². The van der Waals surface area contributed by atoms with Gasteiger partial charge in [-0.25, -0.2) is 17.9 Å². The van der Waals surface area contributed by atoms with E-state index in [9.17, 15) is 13.2 Å². The molecule has 2 aromatic rings. The summed E-state index contributed by atoms with van der Waals surface area (Å²) in [4.78, 5) is 11.2. The zero-order chi connectivity index (χ0) is 18.1. The molecule has 0 aromatic heterocycles. The summed E-state index contributed by atoms with van der Waals surface area (Å²) in [5.41, 5.74) is 1.67. The van der Waals surface area contributed by atoms with Crippen molar-refractivity contribution in [1.82, 2.24) is 4.72 Å². The van der Waals surface area contributed by atoms with Crippen LogP contribution in [0, 0.1) is 6.92 Å². The Balaban J connectivity index is 2.58. The monoisotopic (exact) mass is 347 g/mol. The van der Waals surface area contributed by atoms with E-state index in [1.54, 1.807) is 51.1 Å². The molecule has 0 aliphatic heterocycles. The Morgan fingerprint density at radius 2 is 1.62 bits per heavy atom. The quantitative estimate of drug-likeness (QED) is 0.887. The number of benzene rings is 2. The summed E-state index contributed by atoms with van der Waals surface area (Å²) < 4.78 is 28.1. The lowest BCUT2D eigenvalue weighted by Gasteiger charge is -2.22. The Bertz CT molecular complexity index is 863. The molecule has 0 atom stereocenters. The zero-order valence-electron chi connectivity index (χ0n) is 14.1. The highest BCUT2D eigenvalue weighted by Gasteiger charge is 2.25. The number of hydrogen-bond donors (Lipinski definition) is 2. The summed E-state index contributed by atoms with van der Waals surface area (Å²) in [6.07, 6.45) is 0. The van der Waals surface area contributed by atoms with Crippen molar-refractivity contribution < 1.29 is 18.3 Å². The molecule has 0 fully saturated rings. The van der Waals surface area contributed by atoms with Crippen LogP contribution < -0.4 is 4.72 Å². The first-order valence-electron chi connectivity index (χ1n) is 7.48. The van der Waals surface area contributed by atoms with E-state index in [2.05, 4.69) is 4.72 Å². The number of hydrogen-bond acceptors (Lipinski definition) is 3. The molecule has 0 unspecified atom stereocenters. The molecule has 0 radical (unpaired) electrons. The van der Waals surface area contributed by atoms with Gasteiger partial charge in [0, 0.05) is 11.1 Å². The molecule has 2 N–H and O–H groups in total. The van der Waals surface area contributed by atoms with E-state index >= 15 is 0 Å². The van der Waals surface area contributed by atoms with Gasteiger partial charge < -0.3 is 5.11 Å². The standard InChI is InChI=1S/C18H21NO4S/c1-12-5-10-16(24(22,23)19-18(2,3)4)15(11-12)13-6-8-14(9-7-13)17(20)21/h5-11,19H,1-4H3,(H,20,21). The Hall–Kier alpha value is -2.18. The third-order valence-electron chi connectivity index (χ3n) is 3.31. The van der Waals surface area contributed by atoms with Gasteiger partial charge in [-0.15, -0.1) is 0 Å². The highest BCUT2D eigenvalue weighted by Crippen LogP contribution is 2.29. The Morgan fingerprint density at radius 1 is 1.04 bits per heavy atom. The predicted molar refractivity (Wildman–Crippen MR) is 93.6 cm³/mol. The lowest BCUT2D eigenvalue weighted by Crippen LogP contribution is -2.40. The predicted octanol–water partition coefficient (Wildman–Crippen LogP) is 3.44. The molecule has 0 aliphatic carbocycles. The van der Waals surface area contributed by atoms with Crippen molar-refractivity contribution in [3.63, 3.8) is 0 Å². The average molecular weight is 347 g/mol. The molecule has 0 saturated heterocycles. The molecule has 0 saturated carbocycles. The van der Waals surface area contributed by atoms with Crippen LogP contribution in [0.2, 0.25) is 0 Å². The third-order valence-corrected chi connectivity index (χ3v) is 5.12. The first-order valence-corrected chi connectivity index (χ1v) is 8.96. The minimum atomic E-state index is -3.71. The number of carbonyl (C=O) groups is 1. The molecular formula is C18H21NO4S. The molecule has 2 aromatic carbocycles. The Morgan fingerprint density at radius 3 is 2.12 bits per heavy atom. The smallest absolute Gasteiger partial charge is 0.335 e. The molecule has 0 heterocycles. The van der Waals surface area contributed by atoms with Crippen molar-refractivity contribution in [2.45, 2.75) is 38.1 Å². The van der Waals surface area contributed by atoms with Gasteiger partial charge in [0.05, 0.1) is 10.5 Å². The fraction of sp³-hybridized carbons (Fsp3) is 0.278. The summed E-state index contributed by atoms with van der Waals surface area (Å²) in [5.74, 6) is -1.02. The molecule has 0 amide bonds. The van der Waals surface area contributed by atoms with Crippen LogP contribution >= 0.6 is 0 Å². The molecule has 0 bridgehead atoms. The number of carboxylic acid groups (broad SMARTS) is 1. The van der Waals surface area contributed by atoms with Gasteiger partial charge in [-0.3, -0.25) is 0 Å².